The van der Waals surface area contributed by atoms with Gasteiger partial charge in [0.2, 0.25) is 0 Å². The highest BCUT2D eigenvalue weighted by atomic mass is 32.2. The lowest BCUT2D eigenvalue weighted by Gasteiger charge is -2.22. The maximum Gasteiger partial charge on any atom is 0.260 e. The number of carbonyl (C=O) groups is 1. The molecule has 0 aliphatic heterocycles. The fourth-order valence-corrected chi connectivity index (χ4v) is 4.62. The number of amides is 1. The molecule has 0 bridgehead atoms. The lowest BCUT2D eigenvalue weighted by atomic mass is 10.1. The van der Waals surface area contributed by atoms with E-state index in [4.69, 9.17) is 4.98 Å². The molecule has 0 saturated heterocycles. The van der Waals surface area contributed by atoms with Gasteiger partial charge in [-0.2, -0.15) is 0 Å². The Kier molecular flexibility index (Phi) is 6.07. The van der Waals surface area contributed by atoms with Crippen LogP contribution in [-0.2, 0) is 9.84 Å². The summed E-state index contributed by atoms with van der Waals surface area (Å²) in [4.78, 5) is 21.8. The standard InChI is InChI=1S/C21H25N3O3S2/c1-14-11-18-19(12-15(14)2)28-21(22-18)24(10-9-23(3)4)20(25)16-7-6-8-17(13-16)29(5,26)27/h6-8,11-13H,9-10H2,1-5H3. The van der Waals surface area contributed by atoms with Crippen LogP contribution in [0.25, 0.3) is 10.2 Å². The summed E-state index contributed by atoms with van der Waals surface area (Å²) in [5.41, 5.74) is 3.53. The molecular formula is C21H25N3O3S2. The van der Waals surface area contributed by atoms with Crippen LogP contribution in [0.3, 0.4) is 0 Å². The SMILES string of the molecule is Cc1cc2nc(N(CCN(C)C)C(=O)c3cccc(S(C)(=O)=O)c3)sc2cc1C. The Balaban J connectivity index is 2.04. The van der Waals surface area contributed by atoms with Gasteiger partial charge in [-0.25, -0.2) is 13.4 Å². The van der Waals surface area contributed by atoms with E-state index >= 15 is 0 Å². The molecule has 0 fully saturated rings. The van der Waals surface area contributed by atoms with E-state index in [2.05, 4.69) is 13.0 Å². The van der Waals surface area contributed by atoms with E-state index in [1.165, 1.54) is 29.0 Å². The van der Waals surface area contributed by atoms with Crippen molar-refractivity contribution in [1.29, 1.82) is 0 Å². The van der Waals surface area contributed by atoms with E-state index in [9.17, 15) is 13.2 Å². The van der Waals surface area contributed by atoms with Gasteiger partial charge in [0, 0.05) is 24.9 Å². The van der Waals surface area contributed by atoms with E-state index in [1.807, 2.05) is 32.0 Å². The second kappa shape index (κ2) is 8.22. The Bertz CT molecular complexity index is 1130. The zero-order valence-corrected chi connectivity index (χ0v) is 18.9. The van der Waals surface area contributed by atoms with Crippen LogP contribution >= 0.6 is 11.3 Å². The number of nitrogens with zero attached hydrogens (tertiary/aromatic N) is 3. The van der Waals surface area contributed by atoms with E-state index in [-0.39, 0.29) is 10.8 Å². The number of aryl methyl sites for hydroxylation is 2. The third-order valence-corrected chi connectivity index (χ3v) is 6.90. The number of fused-ring (bicyclic) bond motifs is 1. The molecule has 0 spiro atoms. The van der Waals surface area contributed by atoms with Crippen molar-refractivity contribution in [3.05, 3.63) is 53.1 Å². The molecule has 8 heteroatoms. The number of hydrogen-bond donors (Lipinski definition) is 0. The summed E-state index contributed by atoms with van der Waals surface area (Å²) in [7, 11) is 0.488. The van der Waals surface area contributed by atoms with Crippen LogP contribution in [0.4, 0.5) is 5.13 Å². The summed E-state index contributed by atoms with van der Waals surface area (Å²) in [6.07, 6.45) is 1.14. The molecule has 6 nitrogen and oxygen atoms in total. The molecule has 3 aromatic rings. The highest BCUT2D eigenvalue weighted by molar-refractivity contribution is 7.90. The lowest BCUT2D eigenvalue weighted by molar-refractivity contribution is 0.0985. The number of likely N-dealkylation sites (N-methyl/N-ethyl adjacent to an activating group) is 1. The predicted molar refractivity (Wildman–Crippen MR) is 119 cm³/mol. The molecule has 29 heavy (non-hydrogen) atoms. The Labute approximate surface area is 175 Å². The number of anilines is 1. The maximum atomic E-state index is 13.3. The zero-order valence-electron chi connectivity index (χ0n) is 17.3. The largest absolute Gasteiger partial charge is 0.308 e. The van der Waals surface area contributed by atoms with Crippen molar-refractivity contribution in [2.75, 3.05) is 38.3 Å². The van der Waals surface area contributed by atoms with Crippen LogP contribution in [-0.4, -0.2) is 57.6 Å². The molecule has 0 unspecified atom stereocenters. The van der Waals surface area contributed by atoms with Gasteiger partial charge >= 0.3 is 0 Å². The average molecular weight is 432 g/mol. The van der Waals surface area contributed by atoms with Crippen LogP contribution in [0, 0.1) is 13.8 Å². The molecule has 0 aliphatic carbocycles. The monoisotopic (exact) mass is 431 g/mol. The van der Waals surface area contributed by atoms with Crippen molar-refractivity contribution < 1.29 is 13.2 Å². The Hall–Kier alpha value is -2.29. The first-order valence-corrected chi connectivity index (χ1v) is 11.9. The Morgan fingerprint density at radius 2 is 1.76 bits per heavy atom. The number of aromatic nitrogens is 1. The number of sulfone groups is 1. The second-order valence-electron chi connectivity index (χ2n) is 7.46. The number of carbonyl (C=O) groups excluding carboxylic acids is 1. The molecule has 1 heterocycles. The van der Waals surface area contributed by atoms with Crippen molar-refractivity contribution in [3.8, 4) is 0 Å². The maximum absolute atomic E-state index is 13.3. The molecule has 3 rings (SSSR count). The van der Waals surface area contributed by atoms with Crippen LogP contribution < -0.4 is 4.90 Å². The molecule has 0 atom stereocenters. The van der Waals surface area contributed by atoms with Gasteiger partial charge < -0.3 is 4.90 Å². The van der Waals surface area contributed by atoms with Crippen LogP contribution in [0.5, 0.6) is 0 Å². The third-order valence-electron chi connectivity index (χ3n) is 4.75. The summed E-state index contributed by atoms with van der Waals surface area (Å²) in [5.74, 6) is -0.259. The van der Waals surface area contributed by atoms with E-state index in [0.29, 0.717) is 23.8 Å². The Morgan fingerprint density at radius 3 is 2.41 bits per heavy atom. The first-order valence-electron chi connectivity index (χ1n) is 9.21. The molecule has 0 N–H and O–H groups in total. The van der Waals surface area contributed by atoms with E-state index in [0.717, 1.165) is 22.0 Å². The van der Waals surface area contributed by atoms with Gasteiger partial charge in [0.05, 0.1) is 15.1 Å². The molecule has 2 aromatic carbocycles. The summed E-state index contributed by atoms with van der Waals surface area (Å²) < 4.78 is 24.8. The molecule has 0 saturated carbocycles. The molecule has 154 valence electrons. The average Bonchev–Trinajstić information content (AvgIpc) is 3.03. The first kappa shape index (κ1) is 21.4. The van der Waals surface area contributed by atoms with Gasteiger partial charge in [0.1, 0.15) is 0 Å². The molecular weight excluding hydrogens is 406 g/mol. The van der Waals surface area contributed by atoms with E-state index < -0.39 is 9.84 Å². The molecule has 1 amide bonds. The van der Waals surface area contributed by atoms with Crippen molar-refractivity contribution in [3.63, 3.8) is 0 Å². The molecule has 0 aliphatic rings. The minimum Gasteiger partial charge on any atom is -0.308 e. The van der Waals surface area contributed by atoms with Crippen molar-refractivity contribution in [2.24, 2.45) is 0 Å². The van der Waals surface area contributed by atoms with Crippen LogP contribution in [0.15, 0.2) is 41.3 Å². The summed E-state index contributed by atoms with van der Waals surface area (Å²) in [6.45, 7) is 5.21. The number of rotatable bonds is 6. The van der Waals surface area contributed by atoms with Gasteiger partial charge in [0.25, 0.3) is 5.91 Å². The minimum atomic E-state index is -3.40. The number of thiazole rings is 1. The van der Waals surface area contributed by atoms with Gasteiger partial charge in [-0.15, -0.1) is 0 Å². The fraction of sp³-hybridized carbons (Fsp3) is 0.333. The fourth-order valence-electron chi connectivity index (χ4n) is 2.88. The zero-order chi connectivity index (χ0) is 21.3. The first-order chi connectivity index (χ1) is 13.6. The normalized spacial score (nSPS) is 11.9. The van der Waals surface area contributed by atoms with Crippen LogP contribution in [0.1, 0.15) is 21.5 Å². The topological polar surface area (TPSA) is 70.6 Å². The summed E-state index contributed by atoms with van der Waals surface area (Å²) in [5, 5.41) is 0.613. The quantitative estimate of drug-likeness (QED) is 0.597. The molecule has 1 aromatic heterocycles. The van der Waals surface area contributed by atoms with Crippen molar-refractivity contribution in [2.45, 2.75) is 18.7 Å². The lowest BCUT2D eigenvalue weighted by Crippen LogP contribution is -2.36. The van der Waals surface area contributed by atoms with Crippen LogP contribution in [0.2, 0.25) is 0 Å². The highest BCUT2D eigenvalue weighted by Gasteiger charge is 2.23. The van der Waals surface area contributed by atoms with Gasteiger partial charge in [-0.3, -0.25) is 9.69 Å². The van der Waals surface area contributed by atoms with Gasteiger partial charge in [-0.05, 0) is 69.4 Å². The summed E-state index contributed by atoms with van der Waals surface area (Å²) >= 11 is 1.47. The molecule has 0 radical (unpaired) electrons. The minimum absolute atomic E-state index is 0.131. The second-order valence-corrected chi connectivity index (χ2v) is 10.5. The third kappa shape index (κ3) is 4.83. The highest BCUT2D eigenvalue weighted by Crippen LogP contribution is 2.31. The smallest absolute Gasteiger partial charge is 0.260 e. The number of benzene rings is 2. The summed E-state index contributed by atoms with van der Waals surface area (Å²) in [6, 6.07) is 10.3. The van der Waals surface area contributed by atoms with Gasteiger partial charge in [0.15, 0.2) is 15.0 Å². The number of hydrogen-bond acceptors (Lipinski definition) is 6. The Morgan fingerprint density at radius 1 is 1.07 bits per heavy atom. The van der Waals surface area contributed by atoms with Crippen molar-refractivity contribution >= 4 is 42.4 Å². The van der Waals surface area contributed by atoms with Crippen molar-refractivity contribution in [1.82, 2.24) is 9.88 Å². The van der Waals surface area contributed by atoms with E-state index in [1.54, 1.807) is 17.0 Å². The van der Waals surface area contributed by atoms with Gasteiger partial charge in [-0.1, -0.05) is 17.4 Å². The predicted octanol–water partition coefficient (Wildman–Crippen LogP) is 3.53.